The van der Waals surface area contributed by atoms with Crippen LogP contribution < -0.4 is 15.0 Å². The number of aliphatic hydroxyl groups excluding tert-OH is 1. The molecule has 35 heavy (non-hydrogen) atoms. The van der Waals surface area contributed by atoms with Gasteiger partial charge in [-0.25, -0.2) is 0 Å². The lowest BCUT2D eigenvalue weighted by molar-refractivity contribution is -0.339. The van der Waals surface area contributed by atoms with Crippen molar-refractivity contribution in [2.24, 2.45) is 0 Å². The van der Waals surface area contributed by atoms with Crippen LogP contribution in [0.4, 0.5) is 18.9 Å². The van der Waals surface area contributed by atoms with Crippen molar-refractivity contribution in [2.45, 2.75) is 56.9 Å². The largest absolute Gasteiger partial charge is 0.522 e. The molecule has 0 bridgehead atoms. The van der Waals surface area contributed by atoms with Gasteiger partial charge in [-0.1, -0.05) is 18.2 Å². The Balaban J connectivity index is 1.29. The number of carbonyl (C=O) groups excluding carboxylic acids is 1. The highest BCUT2D eigenvalue weighted by atomic mass is 35.5. The van der Waals surface area contributed by atoms with E-state index in [4.69, 9.17) is 16.3 Å². The van der Waals surface area contributed by atoms with E-state index in [9.17, 15) is 23.1 Å². The highest BCUT2D eigenvalue weighted by Crippen LogP contribution is 2.36. The van der Waals surface area contributed by atoms with E-state index in [1.165, 1.54) is 0 Å². The number of amides is 1. The lowest BCUT2D eigenvalue weighted by Gasteiger charge is -2.29. The molecule has 4 atom stereocenters. The molecular weight excluding hydrogens is 489 g/mol. The van der Waals surface area contributed by atoms with Crippen LogP contribution in [0, 0.1) is 0 Å². The van der Waals surface area contributed by atoms with Crippen molar-refractivity contribution >= 4 is 23.2 Å². The van der Waals surface area contributed by atoms with E-state index >= 15 is 0 Å². The molecule has 0 spiro atoms. The summed E-state index contributed by atoms with van der Waals surface area (Å²) in [5.41, 5.74) is 1.68. The smallest absolute Gasteiger partial charge is 0.480 e. The van der Waals surface area contributed by atoms with Crippen molar-refractivity contribution in [1.29, 1.82) is 0 Å². The first-order valence-corrected chi connectivity index (χ1v) is 11.5. The standard InChI is InChI=1S/C23H26ClF3N4O4/c1-13(29-22(33)21-9-19(32)18-8-15(24)3-4-20(18)34-21)7-14(2)31-11-16(10-28-31)30-6-5-17(12-30)35-23(25,26)27/h3-4,8,10-11,14,17,19,21,32H,1,5-7,9,12H2,2H3,(H,29,33). The first-order chi connectivity index (χ1) is 16.5. The van der Waals surface area contributed by atoms with Gasteiger partial charge in [0, 0.05) is 48.4 Å². The Morgan fingerprint density at radius 3 is 2.97 bits per heavy atom. The summed E-state index contributed by atoms with van der Waals surface area (Å²) < 4.78 is 48.9. The Hall–Kier alpha value is -2.76. The van der Waals surface area contributed by atoms with Gasteiger partial charge in [-0.2, -0.15) is 5.10 Å². The Morgan fingerprint density at radius 1 is 1.46 bits per heavy atom. The zero-order chi connectivity index (χ0) is 25.3. The normalized spacial score (nSPS) is 22.9. The molecule has 1 aromatic carbocycles. The SMILES string of the molecule is C=C(CC(C)n1cc(N2CCC(OC(F)(F)F)C2)cn1)NC(=O)C1CC(O)c2cc(Cl)ccc2O1. The summed E-state index contributed by atoms with van der Waals surface area (Å²) in [4.78, 5) is 14.5. The fourth-order valence-electron chi connectivity index (χ4n) is 4.31. The Kier molecular flexibility index (Phi) is 7.30. The molecule has 2 aliphatic heterocycles. The highest BCUT2D eigenvalue weighted by molar-refractivity contribution is 6.30. The monoisotopic (exact) mass is 514 g/mol. The fraction of sp³-hybridized carbons (Fsp3) is 0.478. The Bertz CT molecular complexity index is 1090. The van der Waals surface area contributed by atoms with E-state index in [-0.39, 0.29) is 25.4 Å². The third-order valence-corrected chi connectivity index (χ3v) is 6.26. The molecule has 1 aromatic heterocycles. The third kappa shape index (κ3) is 6.28. The number of ether oxygens (including phenoxy) is 2. The van der Waals surface area contributed by atoms with Gasteiger partial charge in [-0.15, -0.1) is 13.2 Å². The lowest BCUT2D eigenvalue weighted by atomic mass is 9.98. The molecule has 2 N–H and O–H groups in total. The molecule has 4 rings (SSSR count). The van der Waals surface area contributed by atoms with Crippen LogP contribution in [0.5, 0.6) is 5.75 Å². The summed E-state index contributed by atoms with van der Waals surface area (Å²) in [7, 11) is 0. The number of hydrogen-bond donors (Lipinski definition) is 2. The number of rotatable bonds is 7. The van der Waals surface area contributed by atoms with Crippen LogP contribution in [0.2, 0.25) is 5.02 Å². The van der Waals surface area contributed by atoms with Crippen LogP contribution in [-0.4, -0.2) is 52.5 Å². The van der Waals surface area contributed by atoms with Gasteiger partial charge in [-0.3, -0.25) is 14.2 Å². The van der Waals surface area contributed by atoms with Gasteiger partial charge in [0.05, 0.1) is 30.1 Å². The molecule has 4 unspecified atom stereocenters. The Labute approximate surface area is 205 Å². The number of nitrogens with zero attached hydrogens (tertiary/aromatic N) is 3. The zero-order valence-corrected chi connectivity index (χ0v) is 19.7. The van der Waals surface area contributed by atoms with Crippen molar-refractivity contribution < 1.29 is 32.5 Å². The predicted octanol–water partition coefficient (Wildman–Crippen LogP) is 4.12. The number of aliphatic hydroxyl groups is 1. The second-order valence-electron chi connectivity index (χ2n) is 8.78. The summed E-state index contributed by atoms with van der Waals surface area (Å²) in [5.74, 6) is -0.0167. The second-order valence-corrected chi connectivity index (χ2v) is 9.22. The van der Waals surface area contributed by atoms with Crippen molar-refractivity contribution in [3.05, 3.63) is 53.5 Å². The van der Waals surface area contributed by atoms with Crippen LogP contribution in [-0.2, 0) is 9.53 Å². The lowest BCUT2D eigenvalue weighted by Crippen LogP contribution is -2.41. The van der Waals surface area contributed by atoms with E-state index in [2.05, 4.69) is 21.7 Å². The van der Waals surface area contributed by atoms with E-state index < -0.39 is 30.6 Å². The third-order valence-electron chi connectivity index (χ3n) is 6.02. The molecule has 0 radical (unpaired) electrons. The van der Waals surface area contributed by atoms with Gasteiger partial charge < -0.3 is 20.1 Å². The number of benzene rings is 1. The Morgan fingerprint density at radius 2 is 2.23 bits per heavy atom. The van der Waals surface area contributed by atoms with E-state index in [1.807, 2.05) is 6.92 Å². The summed E-state index contributed by atoms with van der Waals surface area (Å²) in [6, 6.07) is 4.67. The molecule has 0 aliphatic carbocycles. The van der Waals surface area contributed by atoms with Crippen LogP contribution in [0.1, 0.15) is 43.9 Å². The maximum Gasteiger partial charge on any atom is 0.522 e. The van der Waals surface area contributed by atoms with Gasteiger partial charge in [0.15, 0.2) is 6.10 Å². The number of allylic oxidation sites excluding steroid dienone is 1. The number of aromatic nitrogens is 2. The van der Waals surface area contributed by atoms with E-state index in [0.717, 1.165) is 0 Å². The molecule has 3 heterocycles. The molecule has 0 saturated carbocycles. The molecular formula is C23H26ClF3N4O4. The predicted molar refractivity (Wildman–Crippen MR) is 122 cm³/mol. The van der Waals surface area contributed by atoms with Crippen LogP contribution in [0.15, 0.2) is 42.9 Å². The molecule has 190 valence electrons. The number of anilines is 1. The number of alkyl halides is 3. The molecule has 1 saturated heterocycles. The minimum atomic E-state index is -4.65. The summed E-state index contributed by atoms with van der Waals surface area (Å²) >= 11 is 5.96. The minimum absolute atomic E-state index is 0.0827. The number of hydrogen-bond acceptors (Lipinski definition) is 6. The highest BCUT2D eigenvalue weighted by Gasteiger charge is 2.37. The van der Waals surface area contributed by atoms with E-state index in [1.54, 1.807) is 40.2 Å². The summed E-state index contributed by atoms with van der Waals surface area (Å²) in [6.45, 7) is 6.37. The molecule has 8 nitrogen and oxygen atoms in total. The van der Waals surface area contributed by atoms with Crippen LogP contribution in [0.3, 0.4) is 0 Å². The van der Waals surface area contributed by atoms with Crippen molar-refractivity contribution in [3.63, 3.8) is 0 Å². The molecule has 12 heteroatoms. The zero-order valence-electron chi connectivity index (χ0n) is 19.0. The van der Waals surface area contributed by atoms with Crippen molar-refractivity contribution in [1.82, 2.24) is 15.1 Å². The van der Waals surface area contributed by atoms with Gasteiger partial charge in [0.25, 0.3) is 5.91 Å². The maximum absolute atomic E-state index is 12.7. The maximum atomic E-state index is 12.7. The topological polar surface area (TPSA) is 88.9 Å². The van der Waals surface area contributed by atoms with Crippen molar-refractivity contribution in [3.8, 4) is 5.75 Å². The molecule has 1 amide bonds. The molecule has 1 fully saturated rings. The average molecular weight is 515 g/mol. The van der Waals surface area contributed by atoms with Gasteiger partial charge in [0.1, 0.15) is 5.75 Å². The average Bonchev–Trinajstić information content (AvgIpc) is 3.42. The van der Waals surface area contributed by atoms with Crippen LogP contribution >= 0.6 is 11.6 Å². The number of halogens is 4. The van der Waals surface area contributed by atoms with Crippen molar-refractivity contribution in [2.75, 3.05) is 18.0 Å². The molecule has 2 aromatic rings. The number of fused-ring (bicyclic) bond motifs is 1. The first kappa shape index (κ1) is 25.3. The van der Waals surface area contributed by atoms with Gasteiger partial charge >= 0.3 is 6.36 Å². The van der Waals surface area contributed by atoms with Crippen LogP contribution in [0.25, 0.3) is 0 Å². The summed E-state index contributed by atoms with van der Waals surface area (Å²) in [5, 5.41) is 17.9. The minimum Gasteiger partial charge on any atom is -0.480 e. The molecule has 2 aliphatic rings. The quantitative estimate of drug-likeness (QED) is 0.578. The number of nitrogens with one attached hydrogen (secondary N) is 1. The van der Waals surface area contributed by atoms with Gasteiger partial charge in [-0.05, 0) is 31.5 Å². The van der Waals surface area contributed by atoms with E-state index in [0.29, 0.717) is 40.7 Å². The fourth-order valence-corrected chi connectivity index (χ4v) is 4.50. The van der Waals surface area contributed by atoms with Gasteiger partial charge in [0.2, 0.25) is 0 Å². The second kappa shape index (κ2) is 10.1. The number of carbonyl (C=O) groups is 1. The summed E-state index contributed by atoms with van der Waals surface area (Å²) in [6.07, 6.45) is -3.25. The first-order valence-electron chi connectivity index (χ1n) is 11.1.